The van der Waals surface area contributed by atoms with Gasteiger partial charge in [-0.25, -0.2) is 4.79 Å². The van der Waals surface area contributed by atoms with E-state index >= 15 is 0 Å². The maximum absolute atomic E-state index is 13.0. The molecule has 14 heteroatoms. The topological polar surface area (TPSA) is 258 Å². The molecule has 4 amide bonds. The van der Waals surface area contributed by atoms with Crippen LogP contribution < -0.4 is 38.9 Å². The zero-order valence-electron chi connectivity index (χ0n) is 21.5. The minimum atomic E-state index is -1.45. The highest BCUT2D eigenvalue weighted by Crippen LogP contribution is 2.08. The van der Waals surface area contributed by atoms with Gasteiger partial charge in [-0.1, -0.05) is 27.7 Å². The summed E-state index contributed by atoms with van der Waals surface area (Å²) in [6.07, 6.45) is 0.340. The number of carbonyl (C=O) groups excluding carboxylic acids is 4. The Morgan fingerprint density at radius 3 is 1.75 bits per heavy atom. The van der Waals surface area contributed by atoms with Gasteiger partial charge in [-0.2, -0.15) is 0 Å². The molecule has 0 aromatic rings. The number of amides is 4. The summed E-state index contributed by atoms with van der Waals surface area (Å²) in [5.74, 6) is -4.43. The van der Waals surface area contributed by atoms with Gasteiger partial charge in [-0.3, -0.25) is 24.2 Å². The summed E-state index contributed by atoms with van der Waals surface area (Å²) in [5.41, 5.74) is 21.8. The lowest BCUT2D eigenvalue weighted by Gasteiger charge is -2.25. The van der Waals surface area contributed by atoms with Gasteiger partial charge in [0.25, 0.3) is 0 Å². The molecule has 0 aliphatic heterocycles. The van der Waals surface area contributed by atoms with Crippen molar-refractivity contribution >= 4 is 35.6 Å². The predicted octanol–water partition coefficient (Wildman–Crippen LogP) is -2.13. The van der Waals surface area contributed by atoms with E-state index in [1.54, 1.807) is 13.8 Å². The highest BCUT2D eigenvalue weighted by atomic mass is 16.4. The average Bonchev–Trinajstić information content (AvgIpc) is 2.73. The second kappa shape index (κ2) is 16.3. The summed E-state index contributed by atoms with van der Waals surface area (Å²) in [7, 11) is 0. The molecule has 0 spiro atoms. The standard InChI is InChI=1S/C22H42N8O6/c1-11(2)8-13(23)18(32)28-14(6-5-7-27-22(25)26)19(33)29-15(10-17(24)31)20(34)30-16(21(35)36)9-12(3)4/h11-16H,5-10,23H2,1-4H3,(H2,24,31)(H,28,32)(H,29,33)(H,30,34)(H,35,36)(H4,25,26,27). The van der Waals surface area contributed by atoms with Crippen LogP contribution in [0, 0.1) is 11.8 Å². The second-order valence-corrected chi connectivity index (χ2v) is 9.51. The largest absolute Gasteiger partial charge is 0.480 e. The number of nitrogens with one attached hydrogen (secondary N) is 3. The molecule has 4 unspecified atom stereocenters. The number of carbonyl (C=O) groups is 5. The Balaban J connectivity index is 5.63. The minimum absolute atomic E-state index is 0.0459. The van der Waals surface area contributed by atoms with Crippen molar-refractivity contribution in [1.29, 1.82) is 0 Å². The maximum atomic E-state index is 13.0. The molecule has 0 saturated carbocycles. The lowest BCUT2D eigenvalue weighted by molar-refractivity contribution is -0.143. The minimum Gasteiger partial charge on any atom is -0.480 e. The summed E-state index contributed by atoms with van der Waals surface area (Å²) in [4.78, 5) is 65.3. The molecule has 0 bridgehead atoms. The second-order valence-electron chi connectivity index (χ2n) is 9.51. The lowest BCUT2D eigenvalue weighted by Crippen LogP contribution is -2.57. The van der Waals surface area contributed by atoms with E-state index < -0.39 is 60.2 Å². The Hall–Kier alpha value is -3.42. The van der Waals surface area contributed by atoms with Crippen molar-refractivity contribution in [3.63, 3.8) is 0 Å². The van der Waals surface area contributed by atoms with Crippen LogP contribution in [0.4, 0.5) is 0 Å². The van der Waals surface area contributed by atoms with Crippen LogP contribution in [0.5, 0.6) is 0 Å². The number of nitrogens with two attached hydrogens (primary N) is 4. The van der Waals surface area contributed by atoms with Crippen molar-refractivity contribution in [1.82, 2.24) is 16.0 Å². The summed E-state index contributed by atoms with van der Waals surface area (Å²) >= 11 is 0. The van der Waals surface area contributed by atoms with Crippen molar-refractivity contribution in [2.75, 3.05) is 6.54 Å². The fourth-order valence-electron chi connectivity index (χ4n) is 3.31. The van der Waals surface area contributed by atoms with E-state index in [9.17, 15) is 29.1 Å². The zero-order chi connectivity index (χ0) is 28.0. The molecule has 206 valence electrons. The number of nitrogens with zero attached hydrogens (tertiary/aromatic N) is 1. The summed E-state index contributed by atoms with van der Waals surface area (Å²) in [6.45, 7) is 7.53. The Bertz CT molecular complexity index is 797. The number of carboxylic acids is 1. The van der Waals surface area contributed by atoms with Gasteiger partial charge in [-0.05, 0) is 37.5 Å². The lowest BCUT2D eigenvalue weighted by atomic mass is 10.0. The van der Waals surface area contributed by atoms with Crippen LogP contribution >= 0.6 is 0 Å². The quantitative estimate of drug-likeness (QED) is 0.0598. The summed E-state index contributed by atoms with van der Waals surface area (Å²) in [6, 6.07) is -4.67. The third kappa shape index (κ3) is 14.1. The molecular formula is C22H42N8O6. The number of primary amides is 1. The molecule has 0 aromatic carbocycles. The monoisotopic (exact) mass is 514 g/mol. The summed E-state index contributed by atoms with van der Waals surface area (Å²) in [5, 5.41) is 16.7. The van der Waals surface area contributed by atoms with Crippen molar-refractivity contribution in [3.05, 3.63) is 0 Å². The Morgan fingerprint density at radius 1 is 0.778 bits per heavy atom. The molecule has 0 heterocycles. The first-order valence-corrected chi connectivity index (χ1v) is 11.9. The van der Waals surface area contributed by atoms with Gasteiger partial charge in [0.15, 0.2) is 5.96 Å². The SMILES string of the molecule is CC(C)CC(N)C(=O)NC(CCCN=C(N)N)C(=O)NC(CC(N)=O)C(=O)NC(CC(C)C)C(=O)O. The van der Waals surface area contributed by atoms with E-state index in [1.165, 1.54) is 0 Å². The molecule has 36 heavy (non-hydrogen) atoms. The third-order valence-corrected chi connectivity index (χ3v) is 5.00. The van der Waals surface area contributed by atoms with Crippen LogP contribution in [0.15, 0.2) is 4.99 Å². The Labute approximate surface area is 211 Å². The zero-order valence-corrected chi connectivity index (χ0v) is 21.5. The van der Waals surface area contributed by atoms with Crippen LogP contribution in [0.3, 0.4) is 0 Å². The number of guanidine groups is 1. The predicted molar refractivity (Wildman–Crippen MR) is 134 cm³/mol. The number of aliphatic carboxylic acids is 1. The molecule has 0 fully saturated rings. The van der Waals surface area contributed by atoms with Gasteiger partial charge >= 0.3 is 5.97 Å². The first-order valence-electron chi connectivity index (χ1n) is 11.9. The molecule has 0 aliphatic rings. The normalized spacial score (nSPS) is 14.3. The Morgan fingerprint density at radius 2 is 1.28 bits per heavy atom. The van der Waals surface area contributed by atoms with E-state index in [-0.39, 0.29) is 37.2 Å². The summed E-state index contributed by atoms with van der Waals surface area (Å²) < 4.78 is 0. The third-order valence-electron chi connectivity index (χ3n) is 5.00. The smallest absolute Gasteiger partial charge is 0.326 e. The highest BCUT2D eigenvalue weighted by molar-refractivity contribution is 5.96. The molecule has 0 aliphatic carbocycles. The fourth-order valence-corrected chi connectivity index (χ4v) is 3.31. The van der Waals surface area contributed by atoms with Gasteiger partial charge in [0.05, 0.1) is 12.5 Å². The first-order chi connectivity index (χ1) is 16.6. The van der Waals surface area contributed by atoms with Gasteiger partial charge < -0.3 is 44.0 Å². The number of hydrogen-bond donors (Lipinski definition) is 8. The van der Waals surface area contributed by atoms with Crippen LogP contribution in [0.2, 0.25) is 0 Å². The highest BCUT2D eigenvalue weighted by Gasteiger charge is 2.31. The maximum Gasteiger partial charge on any atom is 0.326 e. The average molecular weight is 515 g/mol. The molecule has 14 nitrogen and oxygen atoms in total. The van der Waals surface area contributed by atoms with Crippen molar-refractivity contribution in [2.45, 2.75) is 84.0 Å². The number of hydrogen-bond acceptors (Lipinski definition) is 7. The number of aliphatic imine (C=N–C) groups is 1. The van der Waals surface area contributed by atoms with E-state index in [0.717, 1.165) is 0 Å². The van der Waals surface area contributed by atoms with Gasteiger partial charge in [0, 0.05) is 6.54 Å². The van der Waals surface area contributed by atoms with E-state index in [0.29, 0.717) is 12.8 Å². The van der Waals surface area contributed by atoms with Crippen molar-refractivity contribution in [3.8, 4) is 0 Å². The van der Waals surface area contributed by atoms with Crippen LogP contribution in [-0.2, 0) is 24.0 Å². The van der Waals surface area contributed by atoms with Gasteiger partial charge in [-0.15, -0.1) is 0 Å². The number of carboxylic acid groups (broad SMARTS) is 1. The van der Waals surface area contributed by atoms with E-state index in [1.807, 2.05) is 13.8 Å². The van der Waals surface area contributed by atoms with Crippen molar-refractivity contribution < 1.29 is 29.1 Å². The van der Waals surface area contributed by atoms with Crippen LogP contribution in [0.25, 0.3) is 0 Å². The molecule has 0 aromatic heterocycles. The van der Waals surface area contributed by atoms with E-state index in [4.69, 9.17) is 22.9 Å². The van der Waals surface area contributed by atoms with Crippen LogP contribution in [0.1, 0.15) is 59.8 Å². The molecule has 0 radical (unpaired) electrons. The van der Waals surface area contributed by atoms with Gasteiger partial charge in [0.1, 0.15) is 18.1 Å². The van der Waals surface area contributed by atoms with E-state index in [2.05, 4.69) is 20.9 Å². The molecular weight excluding hydrogens is 472 g/mol. The number of rotatable bonds is 17. The van der Waals surface area contributed by atoms with Crippen LogP contribution in [-0.4, -0.2) is 71.4 Å². The van der Waals surface area contributed by atoms with Crippen molar-refractivity contribution in [2.24, 2.45) is 39.8 Å². The molecule has 4 atom stereocenters. The van der Waals surface area contributed by atoms with Gasteiger partial charge in [0.2, 0.25) is 23.6 Å². The Kier molecular flexibility index (Phi) is 14.7. The fraction of sp³-hybridized carbons (Fsp3) is 0.727. The molecule has 0 saturated heterocycles. The molecule has 12 N–H and O–H groups in total. The first kappa shape index (κ1) is 32.6. The molecule has 0 rings (SSSR count).